The minimum Gasteiger partial charge on any atom is -0.493 e. The van der Waals surface area contributed by atoms with Crippen molar-refractivity contribution in [3.05, 3.63) is 23.1 Å². The van der Waals surface area contributed by atoms with E-state index in [0.29, 0.717) is 22.8 Å². The molecule has 0 amide bonds. The summed E-state index contributed by atoms with van der Waals surface area (Å²) in [6.45, 7) is 2.90. The SMILES string of the molecule is CS(C)(C)CCOCn1nc(O)c(-c2cn(C3CCN(C4CC4)CC3)c3cnc(Br)cc23)c1O. The number of nitrogens with zero attached hydrogens (tertiary/aromatic N) is 5. The molecule has 0 atom stereocenters. The molecule has 8 nitrogen and oxygen atoms in total. The minimum absolute atomic E-state index is 0.0869. The normalized spacial score (nSPS) is 18.7. The summed E-state index contributed by atoms with van der Waals surface area (Å²) in [7, 11) is -0.659. The van der Waals surface area contributed by atoms with Gasteiger partial charge in [0.2, 0.25) is 11.8 Å². The van der Waals surface area contributed by atoms with Crippen LogP contribution < -0.4 is 0 Å². The maximum atomic E-state index is 11.0. The lowest BCUT2D eigenvalue weighted by Crippen LogP contribution is -2.35. The topological polar surface area (TPSA) is 88.6 Å². The summed E-state index contributed by atoms with van der Waals surface area (Å²) in [5.41, 5.74) is 2.09. The molecule has 2 aliphatic rings. The van der Waals surface area contributed by atoms with E-state index in [-0.39, 0.29) is 18.5 Å². The quantitative estimate of drug-likeness (QED) is 0.315. The molecule has 2 N–H and O–H groups in total. The fourth-order valence-corrected chi connectivity index (χ4v) is 5.77. The lowest BCUT2D eigenvalue weighted by Gasteiger charge is -2.33. The summed E-state index contributed by atoms with van der Waals surface area (Å²) >= 11 is 3.48. The van der Waals surface area contributed by atoms with Gasteiger partial charge in [0.1, 0.15) is 16.9 Å². The molecule has 5 rings (SSSR count). The van der Waals surface area contributed by atoms with Gasteiger partial charge in [-0.1, -0.05) is 0 Å². The van der Waals surface area contributed by atoms with E-state index in [4.69, 9.17) is 4.74 Å². The first-order chi connectivity index (χ1) is 16.2. The fraction of sp³-hybridized carbons (Fsp3) is 0.583. The molecule has 3 aromatic rings. The highest BCUT2D eigenvalue weighted by molar-refractivity contribution is 9.10. The van der Waals surface area contributed by atoms with Crippen molar-refractivity contribution in [1.29, 1.82) is 0 Å². The van der Waals surface area contributed by atoms with Gasteiger partial charge in [0.15, 0.2) is 0 Å². The number of ether oxygens (including phenoxy) is 1. The van der Waals surface area contributed by atoms with Crippen molar-refractivity contribution in [3.8, 4) is 22.9 Å². The molecule has 2 fully saturated rings. The van der Waals surface area contributed by atoms with E-state index in [0.717, 1.165) is 54.2 Å². The van der Waals surface area contributed by atoms with Gasteiger partial charge in [-0.15, -0.1) is 5.10 Å². The van der Waals surface area contributed by atoms with Crippen molar-refractivity contribution in [3.63, 3.8) is 0 Å². The molecule has 3 aromatic heterocycles. The van der Waals surface area contributed by atoms with Gasteiger partial charge in [0.05, 0.1) is 18.3 Å². The van der Waals surface area contributed by atoms with Gasteiger partial charge in [-0.05, 0) is 66.4 Å². The molecular weight excluding hydrogens is 518 g/mol. The van der Waals surface area contributed by atoms with Crippen LogP contribution in [-0.2, 0) is 11.5 Å². The molecule has 0 spiro atoms. The second-order valence-electron chi connectivity index (χ2n) is 10.3. The van der Waals surface area contributed by atoms with Gasteiger partial charge in [-0.3, -0.25) is 0 Å². The molecule has 34 heavy (non-hydrogen) atoms. The minimum atomic E-state index is -0.659. The maximum Gasteiger partial charge on any atom is 0.242 e. The zero-order valence-electron chi connectivity index (χ0n) is 20.1. The smallest absolute Gasteiger partial charge is 0.242 e. The highest BCUT2D eigenvalue weighted by atomic mass is 79.9. The van der Waals surface area contributed by atoms with Gasteiger partial charge in [-0.2, -0.15) is 0 Å². The summed E-state index contributed by atoms with van der Waals surface area (Å²) in [5.74, 6) is 0.691. The number of piperidine rings is 1. The van der Waals surface area contributed by atoms with Crippen LogP contribution in [0.15, 0.2) is 23.1 Å². The summed E-state index contributed by atoms with van der Waals surface area (Å²) < 4.78 is 10.1. The molecule has 4 heterocycles. The standard InChI is InChI=1S/C24H34BrN5O3S/c1-34(2,3)11-10-33-15-30-24(32)22(23(31)27-30)19-14-29(20-13-26-21(25)12-18(19)20)17-6-8-28(9-7-17)16-4-5-16/h12-14,16-17,32H,4-11,15H2,1-3H3,(H,27,31). The van der Waals surface area contributed by atoms with Crippen LogP contribution in [-0.4, -0.2) is 84.7 Å². The molecule has 0 bridgehead atoms. The molecule has 1 saturated carbocycles. The maximum absolute atomic E-state index is 11.0. The summed E-state index contributed by atoms with van der Waals surface area (Å²) in [4.78, 5) is 7.08. The Balaban J connectivity index is 1.43. The summed E-state index contributed by atoms with van der Waals surface area (Å²) in [6.07, 6.45) is 15.5. The number of fused-ring (bicyclic) bond motifs is 1. The number of aromatic nitrogens is 4. The third-order valence-electron chi connectivity index (χ3n) is 6.87. The van der Waals surface area contributed by atoms with E-state index in [1.54, 1.807) is 0 Å². The van der Waals surface area contributed by atoms with Crippen LogP contribution in [0.25, 0.3) is 22.0 Å². The Morgan fingerprint density at radius 1 is 1.12 bits per heavy atom. The zero-order valence-corrected chi connectivity index (χ0v) is 22.5. The number of rotatable bonds is 8. The van der Waals surface area contributed by atoms with Crippen LogP contribution in [0.1, 0.15) is 31.7 Å². The Labute approximate surface area is 210 Å². The highest BCUT2D eigenvalue weighted by Crippen LogP contribution is 2.44. The van der Waals surface area contributed by atoms with E-state index < -0.39 is 10.0 Å². The molecule has 1 aliphatic heterocycles. The van der Waals surface area contributed by atoms with Crippen molar-refractivity contribution < 1.29 is 14.9 Å². The lowest BCUT2D eigenvalue weighted by molar-refractivity contribution is 0.0741. The first-order valence-electron chi connectivity index (χ1n) is 11.8. The van der Waals surface area contributed by atoms with Gasteiger partial charge in [0.25, 0.3) is 0 Å². The van der Waals surface area contributed by atoms with Crippen LogP contribution in [0, 0.1) is 0 Å². The number of halogens is 1. The number of hydrogen-bond donors (Lipinski definition) is 2. The third kappa shape index (κ3) is 4.96. The Hall–Kier alpha value is -1.75. The Bertz CT molecular complexity index is 1180. The van der Waals surface area contributed by atoms with Crippen molar-refractivity contribution in [2.75, 3.05) is 44.2 Å². The summed E-state index contributed by atoms with van der Waals surface area (Å²) in [6, 6.07) is 3.10. The Kier molecular flexibility index (Phi) is 6.60. The van der Waals surface area contributed by atoms with Crippen molar-refractivity contribution in [2.45, 2.75) is 44.5 Å². The van der Waals surface area contributed by atoms with E-state index in [9.17, 15) is 10.2 Å². The van der Waals surface area contributed by atoms with Gasteiger partial charge in [-0.25, -0.2) is 19.7 Å². The Morgan fingerprint density at radius 3 is 2.53 bits per heavy atom. The van der Waals surface area contributed by atoms with Crippen LogP contribution in [0.2, 0.25) is 0 Å². The van der Waals surface area contributed by atoms with Crippen molar-refractivity contribution >= 4 is 36.9 Å². The molecule has 1 aliphatic carbocycles. The van der Waals surface area contributed by atoms with Gasteiger partial charge < -0.3 is 24.4 Å². The van der Waals surface area contributed by atoms with Crippen molar-refractivity contribution in [1.82, 2.24) is 24.2 Å². The lowest BCUT2D eigenvalue weighted by atomic mass is 10.0. The molecular formula is C24H34BrN5O3S. The number of pyridine rings is 1. The number of likely N-dealkylation sites (tertiary alicyclic amines) is 1. The van der Waals surface area contributed by atoms with E-state index >= 15 is 0 Å². The number of aromatic hydroxyl groups is 2. The van der Waals surface area contributed by atoms with Crippen LogP contribution in [0.5, 0.6) is 11.8 Å². The second-order valence-corrected chi connectivity index (χ2v) is 15.7. The van der Waals surface area contributed by atoms with Gasteiger partial charge in [0, 0.05) is 48.1 Å². The van der Waals surface area contributed by atoms with Crippen molar-refractivity contribution in [2.24, 2.45) is 0 Å². The highest BCUT2D eigenvalue weighted by Gasteiger charge is 2.33. The summed E-state index contributed by atoms with van der Waals surface area (Å²) in [5, 5.41) is 26.8. The van der Waals surface area contributed by atoms with E-state index in [1.165, 1.54) is 17.5 Å². The molecule has 1 saturated heterocycles. The predicted molar refractivity (Wildman–Crippen MR) is 141 cm³/mol. The molecule has 0 aromatic carbocycles. The van der Waals surface area contributed by atoms with Gasteiger partial charge >= 0.3 is 0 Å². The Morgan fingerprint density at radius 2 is 1.85 bits per heavy atom. The molecule has 0 radical (unpaired) electrons. The van der Waals surface area contributed by atoms with Crippen LogP contribution in [0.4, 0.5) is 0 Å². The second kappa shape index (κ2) is 9.37. The third-order valence-corrected chi connectivity index (χ3v) is 8.70. The van der Waals surface area contributed by atoms with Crippen LogP contribution >= 0.6 is 26.0 Å². The predicted octanol–water partition coefficient (Wildman–Crippen LogP) is 4.54. The average Bonchev–Trinajstić information content (AvgIpc) is 3.52. The first-order valence-corrected chi connectivity index (χ1v) is 15.7. The van der Waals surface area contributed by atoms with Crippen LogP contribution in [0.3, 0.4) is 0 Å². The average molecular weight is 553 g/mol. The van der Waals surface area contributed by atoms with E-state index in [1.807, 2.05) is 18.5 Å². The molecule has 10 heteroatoms. The zero-order chi connectivity index (χ0) is 24.0. The largest absolute Gasteiger partial charge is 0.493 e. The molecule has 186 valence electrons. The molecule has 0 unspecified atom stereocenters. The van der Waals surface area contributed by atoms with E-state index in [2.05, 4.69) is 54.2 Å². The number of hydrogen-bond acceptors (Lipinski definition) is 6. The fourth-order valence-electron chi connectivity index (χ4n) is 4.82. The monoisotopic (exact) mass is 551 g/mol. The first kappa shape index (κ1) is 24.0.